The molecule has 0 saturated carbocycles. The van der Waals surface area contributed by atoms with Crippen LogP contribution in [-0.2, 0) is 6.61 Å². The van der Waals surface area contributed by atoms with Crippen LogP contribution in [0.3, 0.4) is 0 Å². The normalized spacial score (nSPS) is 10.8. The highest BCUT2D eigenvalue weighted by Crippen LogP contribution is 2.24. The number of rotatable bonds is 4. The number of H-pyrrole nitrogens is 1. The Hall–Kier alpha value is -3.34. The van der Waals surface area contributed by atoms with Crippen LogP contribution in [0.4, 0.5) is 5.82 Å². The van der Waals surface area contributed by atoms with Crippen LogP contribution in [0, 0.1) is 0 Å². The minimum atomic E-state index is 0.417. The van der Waals surface area contributed by atoms with E-state index < -0.39 is 0 Å². The molecule has 2 heterocycles. The molecule has 0 spiro atoms. The van der Waals surface area contributed by atoms with Crippen LogP contribution in [0.1, 0.15) is 5.69 Å². The van der Waals surface area contributed by atoms with E-state index in [1.807, 2.05) is 66.7 Å². The second-order valence-electron chi connectivity index (χ2n) is 5.46. The monoisotopic (exact) mass is 316 g/mol. The first-order chi connectivity index (χ1) is 11.8. The number of aromatic nitrogens is 3. The number of ether oxygens (including phenoxy) is 1. The van der Waals surface area contributed by atoms with Gasteiger partial charge in [0.15, 0.2) is 5.82 Å². The van der Waals surface area contributed by atoms with Gasteiger partial charge in [-0.05, 0) is 18.2 Å². The summed E-state index contributed by atoms with van der Waals surface area (Å²) in [4.78, 5) is 12.2. The van der Waals surface area contributed by atoms with Crippen molar-refractivity contribution >= 4 is 16.9 Å². The number of anilines is 1. The van der Waals surface area contributed by atoms with Gasteiger partial charge in [0.25, 0.3) is 0 Å². The summed E-state index contributed by atoms with van der Waals surface area (Å²) in [6.45, 7) is 0.417. The molecule has 0 aliphatic carbocycles. The van der Waals surface area contributed by atoms with Gasteiger partial charge < -0.3 is 15.5 Å². The molecule has 5 heteroatoms. The van der Waals surface area contributed by atoms with Crippen molar-refractivity contribution in [1.82, 2.24) is 15.0 Å². The SMILES string of the molecule is Nc1nc(-c2ccccc2)nc2[nH]c(COc3ccccc3)cc12. The number of fused-ring (bicyclic) bond motifs is 1. The maximum Gasteiger partial charge on any atom is 0.163 e. The van der Waals surface area contributed by atoms with Crippen LogP contribution in [0.5, 0.6) is 5.75 Å². The largest absolute Gasteiger partial charge is 0.487 e. The molecule has 0 saturated heterocycles. The van der Waals surface area contributed by atoms with Crippen molar-refractivity contribution in [3.05, 3.63) is 72.4 Å². The number of hydrogen-bond donors (Lipinski definition) is 2. The predicted octanol–water partition coefficient (Wildman–Crippen LogP) is 3.79. The summed E-state index contributed by atoms with van der Waals surface area (Å²) < 4.78 is 5.76. The third-order valence-corrected chi connectivity index (χ3v) is 3.74. The Kier molecular flexibility index (Phi) is 3.59. The highest BCUT2D eigenvalue weighted by molar-refractivity contribution is 5.88. The van der Waals surface area contributed by atoms with Gasteiger partial charge in [-0.3, -0.25) is 0 Å². The fourth-order valence-electron chi connectivity index (χ4n) is 2.56. The summed E-state index contributed by atoms with van der Waals surface area (Å²) >= 11 is 0. The lowest BCUT2D eigenvalue weighted by atomic mass is 10.2. The third kappa shape index (κ3) is 2.79. The van der Waals surface area contributed by atoms with Crippen LogP contribution in [0.15, 0.2) is 66.7 Å². The summed E-state index contributed by atoms with van der Waals surface area (Å²) in [5.41, 5.74) is 8.65. The molecule has 0 fully saturated rings. The summed E-state index contributed by atoms with van der Waals surface area (Å²) in [6.07, 6.45) is 0. The van der Waals surface area contributed by atoms with E-state index in [4.69, 9.17) is 10.5 Å². The molecule has 0 atom stereocenters. The fraction of sp³-hybridized carbons (Fsp3) is 0.0526. The van der Waals surface area contributed by atoms with E-state index in [-0.39, 0.29) is 0 Å². The highest BCUT2D eigenvalue weighted by Gasteiger charge is 2.10. The average Bonchev–Trinajstić information content (AvgIpc) is 3.05. The predicted molar refractivity (Wildman–Crippen MR) is 94.5 cm³/mol. The van der Waals surface area contributed by atoms with Crippen LogP contribution in [-0.4, -0.2) is 15.0 Å². The van der Waals surface area contributed by atoms with E-state index in [1.54, 1.807) is 0 Å². The lowest BCUT2D eigenvalue weighted by Gasteiger charge is -2.03. The third-order valence-electron chi connectivity index (χ3n) is 3.74. The minimum absolute atomic E-state index is 0.417. The number of aromatic amines is 1. The maximum atomic E-state index is 6.10. The number of nitrogens with zero attached hydrogens (tertiary/aromatic N) is 2. The molecule has 2 aromatic heterocycles. The zero-order valence-electron chi connectivity index (χ0n) is 12.9. The highest BCUT2D eigenvalue weighted by atomic mass is 16.5. The number of hydrogen-bond acceptors (Lipinski definition) is 4. The van der Waals surface area contributed by atoms with E-state index in [2.05, 4.69) is 15.0 Å². The quantitative estimate of drug-likeness (QED) is 0.600. The zero-order valence-corrected chi connectivity index (χ0v) is 12.9. The summed E-state index contributed by atoms with van der Waals surface area (Å²) in [6, 6.07) is 21.4. The first-order valence-electron chi connectivity index (χ1n) is 7.68. The molecule has 4 aromatic rings. The minimum Gasteiger partial charge on any atom is -0.487 e. The first-order valence-corrected chi connectivity index (χ1v) is 7.68. The van der Waals surface area contributed by atoms with Gasteiger partial charge in [0.1, 0.15) is 23.8 Å². The lowest BCUT2D eigenvalue weighted by molar-refractivity contribution is 0.302. The topological polar surface area (TPSA) is 76.8 Å². The Morgan fingerprint density at radius 1 is 0.917 bits per heavy atom. The second-order valence-corrected chi connectivity index (χ2v) is 5.46. The van der Waals surface area contributed by atoms with Gasteiger partial charge in [-0.25, -0.2) is 9.97 Å². The molecule has 0 amide bonds. The van der Waals surface area contributed by atoms with E-state index >= 15 is 0 Å². The van der Waals surface area contributed by atoms with Gasteiger partial charge in [0, 0.05) is 5.56 Å². The number of benzene rings is 2. The van der Waals surface area contributed by atoms with Gasteiger partial charge >= 0.3 is 0 Å². The molecule has 0 aliphatic heterocycles. The molecule has 0 bridgehead atoms. The molecule has 0 radical (unpaired) electrons. The molecule has 4 rings (SSSR count). The fourth-order valence-corrected chi connectivity index (χ4v) is 2.56. The van der Waals surface area contributed by atoms with Gasteiger partial charge in [-0.2, -0.15) is 0 Å². The number of para-hydroxylation sites is 1. The first kappa shape index (κ1) is 14.3. The Morgan fingerprint density at radius 2 is 1.62 bits per heavy atom. The van der Waals surface area contributed by atoms with Crippen LogP contribution >= 0.6 is 0 Å². The molecule has 0 unspecified atom stereocenters. The van der Waals surface area contributed by atoms with Gasteiger partial charge in [0.05, 0.1) is 11.1 Å². The van der Waals surface area contributed by atoms with Crippen molar-refractivity contribution in [3.8, 4) is 17.1 Å². The van der Waals surface area contributed by atoms with Crippen molar-refractivity contribution in [2.24, 2.45) is 0 Å². The summed E-state index contributed by atoms with van der Waals surface area (Å²) in [5, 5.41) is 0.807. The summed E-state index contributed by atoms with van der Waals surface area (Å²) in [5.74, 6) is 1.89. The van der Waals surface area contributed by atoms with Crippen molar-refractivity contribution in [1.29, 1.82) is 0 Å². The van der Waals surface area contributed by atoms with Crippen molar-refractivity contribution in [2.75, 3.05) is 5.73 Å². The Balaban J connectivity index is 1.64. The molecule has 5 nitrogen and oxygen atoms in total. The Labute approximate surface area is 139 Å². The van der Waals surface area contributed by atoms with Crippen molar-refractivity contribution in [2.45, 2.75) is 6.61 Å². The van der Waals surface area contributed by atoms with Gasteiger partial charge in [-0.1, -0.05) is 48.5 Å². The molecule has 3 N–H and O–H groups in total. The maximum absolute atomic E-state index is 6.10. The second kappa shape index (κ2) is 6.04. The van der Waals surface area contributed by atoms with Gasteiger partial charge in [0.2, 0.25) is 0 Å². The van der Waals surface area contributed by atoms with Crippen molar-refractivity contribution < 1.29 is 4.74 Å². The van der Waals surface area contributed by atoms with Crippen LogP contribution in [0.25, 0.3) is 22.4 Å². The van der Waals surface area contributed by atoms with Gasteiger partial charge in [-0.15, -0.1) is 0 Å². The molecule has 118 valence electrons. The smallest absolute Gasteiger partial charge is 0.163 e. The Morgan fingerprint density at radius 3 is 2.38 bits per heavy atom. The van der Waals surface area contributed by atoms with E-state index in [0.29, 0.717) is 23.9 Å². The molecular formula is C19H16N4O. The standard InChI is InChI=1S/C19H16N4O/c20-17-16-11-14(12-24-15-9-5-2-6-10-15)21-19(16)23-18(22-17)13-7-3-1-4-8-13/h1-11H,12H2,(H3,20,21,22,23). The average molecular weight is 316 g/mol. The van der Waals surface area contributed by atoms with Crippen LogP contribution in [0.2, 0.25) is 0 Å². The zero-order chi connectivity index (χ0) is 16.4. The molecule has 2 aromatic carbocycles. The Bertz CT molecular complexity index is 965. The number of nitrogens with one attached hydrogen (secondary N) is 1. The van der Waals surface area contributed by atoms with E-state index in [0.717, 1.165) is 22.4 Å². The van der Waals surface area contributed by atoms with E-state index in [1.165, 1.54) is 0 Å². The van der Waals surface area contributed by atoms with E-state index in [9.17, 15) is 0 Å². The molecule has 0 aliphatic rings. The molecule has 24 heavy (non-hydrogen) atoms. The lowest BCUT2D eigenvalue weighted by Crippen LogP contribution is -1.96. The number of nitrogens with two attached hydrogens (primary N) is 1. The van der Waals surface area contributed by atoms with Crippen molar-refractivity contribution in [3.63, 3.8) is 0 Å². The molecular weight excluding hydrogens is 300 g/mol. The number of nitrogen functional groups attached to an aromatic ring is 1. The van der Waals surface area contributed by atoms with Crippen LogP contribution < -0.4 is 10.5 Å². The summed E-state index contributed by atoms with van der Waals surface area (Å²) in [7, 11) is 0.